The van der Waals surface area contributed by atoms with E-state index in [2.05, 4.69) is 10.2 Å². The zero-order valence-electron chi connectivity index (χ0n) is 13.2. The van der Waals surface area contributed by atoms with Crippen LogP contribution in [-0.4, -0.2) is 61.3 Å². The number of aliphatic hydroxyl groups is 1. The first-order chi connectivity index (χ1) is 10.4. The zero-order valence-corrected chi connectivity index (χ0v) is 13.9. The van der Waals surface area contributed by atoms with Crippen molar-refractivity contribution in [2.24, 2.45) is 5.41 Å². The summed E-state index contributed by atoms with van der Waals surface area (Å²) in [5.41, 5.74) is 0.641. The van der Waals surface area contributed by atoms with Crippen LogP contribution in [0.4, 0.5) is 10.5 Å². The largest absolute Gasteiger partial charge is 0.396 e. The lowest BCUT2D eigenvalue weighted by Crippen LogP contribution is -2.49. The van der Waals surface area contributed by atoms with Crippen LogP contribution < -0.4 is 5.32 Å². The molecule has 0 unspecified atom stereocenters. The van der Waals surface area contributed by atoms with Gasteiger partial charge in [0.1, 0.15) is 0 Å². The monoisotopic (exact) mass is 325 g/mol. The van der Waals surface area contributed by atoms with Crippen LogP contribution in [0.2, 0.25) is 5.02 Å². The van der Waals surface area contributed by atoms with E-state index in [1.54, 1.807) is 29.2 Å². The Morgan fingerprint density at radius 2 is 1.91 bits per heavy atom. The number of anilines is 1. The van der Waals surface area contributed by atoms with Crippen molar-refractivity contribution >= 4 is 23.3 Å². The molecule has 0 saturated carbocycles. The maximum absolute atomic E-state index is 12.3. The van der Waals surface area contributed by atoms with Crippen LogP contribution in [0.15, 0.2) is 24.3 Å². The summed E-state index contributed by atoms with van der Waals surface area (Å²) in [7, 11) is 4.02. The first-order valence-corrected chi connectivity index (χ1v) is 7.89. The van der Waals surface area contributed by atoms with E-state index in [-0.39, 0.29) is 18.1 Å². The number of aliphatic hydroxyl groups excluding tert-OH is 1. The number of carbonyl (C=O) groups excluding carboxylic acids is 1. The van der Waals surface area contributed by atoms with Gasteiger partial charge in [0, 0.05) is 35.8 Å². The molecule has 0 bridgehead atoms. The third-order valence-electron chi connectivity index (χ3n) is 4.19. The molecule has 0 aromatic heterocycles. The molecule has 1 heterocycles. The Morgan fingerprint density at radius 1 is 1.32 bits per heavy atom. The number of hydrogen-bond acceptors (Lipinski definition) is 3. The third kappa shape index (κ3) is 4.35. The van der Waals surface area contributed by atoms with Gasteiger partial charge >= 0.3 is 6.03 Å². The molecule has 1 aromatic rings. The molecule has 2 N–H and O–H groups in total. The second-order valence-electron chi connectivity index (χ2n) is 6.32. The van der Waals surface area contributed by atoms with Gasteiger partial charge in [0.15, 0.2) is 0 Å². The number of benzene rings is 1. The molecule has 1 saturated heterocycles. The predicted molar refractivity (Wildman–Crippen MR) is 89.4 cm³/mol. The number of piperidine rings is 1. The van der Waals surface area contributed by atoms with Crippen LogP contribution in [0.5, 0.6) is 0 Å². The number of nitrogens with zero attached hydrogens (tertiary/aromatic N) is 2. The lowest BCUT2D eigenvalue weighted by Gasteiger charge is -2.42. The maximum Gasteiger partial charge on any atom is 0.321 e. The lowest BCUT2D eigenvalue weighted by molar-refractivity contribution is 0.0358. The Hall–Kier alpha value is -1.30. The number of rotatable bonds is 4. The fourth-order valence-corrected chi connectivity index (χ4v) is 3.08. The van der Waals surface area contributed by atoms with Gasteiger partial charge in [0.25, 0.3) is 0 Å². The number of urea groups is 1. The maximum atomic E-state index is 12.3. The number of halogens is 1. The SMILES string of the molecule is CN(C)CC1(CO)CCN(C(=O)Nc2ccc(Cl)cc2)CC1. The highest BCUT2D eigenvalue weighted by Crippen LogP contribution is 2.31. The Balaban J connectivity index is 1.90. The Kier molecular flexibility index (Phi) is 5.67. The minimum atomic E-state index is -0.0984. The van der Waals surface area contributed by atoms with Gasteiger partial charge in [0.2, 0.25) is 0 Å². The summed E-state index contributed by atoms with van der Waals surface area (Å²) < 4.78 is 0. The van der Waals surface area contributed by atoms with Crippen molar-refractivity contribution in [1.82, 2.24) is 9.80 Å². The molecule has 0 radical (unpaired) electrons. The van der Waals surface area contributed by atoms with E-state index in [1.165, 1.54) is 0 Å². The van der Waals surface area contributed by atoms with Gasteiger partial charge in [0.05, 0.1) is 6.61 Å². The molecule has 1 fully saturated rings. The second-order valence-corrected chi connectivity index (χ2v) is 6.76. The van der Waals surface area contributed by atoms with Gasteiger partial charge in [-0.15, -0.1) is 0 Å². The van der Waals surface area contributed by atoms with Gasteiger partial charge < -0.3 is 20.2 Å². The molecule has 0 spiro atoms. The van der Waals surface area contributed by atoms with E-state index >= 15 is 0 Å². The van der Waals surface area contributed by atoms with Crippen LogP contribution in [0.25, 0.3) is 0 Å². The van der Waals surface area contributed by atoms with Crippen molar-refractivity contribution in [3.8, 4) is 0 Å². The zero-order chi connectivity index (χ0) is 16.2. The summed E-state index contributed by atoms with van der Waals surface area (Å²) in [6.45, 7) is 2.33. The van der Waals surface area contributed by atoms with Gasteiger partial charge in [-0.05, 0) is 51.2 Å². The van der Waals surface area contributed by atoms with E-state index in [0.717, 1.165) is 25.1 Å². The van der Waals surface area contributed by atoms with E-state index in [4.69, 9.17) is 11.6 Å². The topological polar surface area (TPSA) is 55.8 Å². The summed E-state index contributed by atoms with van der Waals surface area (Å²) in [4.78, 5) is 16.2. The number of hydrogen-bond donors (Lipinski definition) is 2. The molecular weight excluding hydrogens is 302 g/mol. The number of likely N-dealkylation sites (tertiary alicyclic amines) is 1. The molecule has 1 aliphatic heterocycles. The van der Waals surface area contributed by atoms with Gasteiger partial charge in [-0.3, -0.25) is 0 Å². The molecular formula is C16H24ClN3O2. The average Bonchev–Trinajstić information content (AvgIpc) is 2.49. The third-order valence-corrected chi connectivity index (χ3v) is 4.45. The van der Waals surface area contributed by atoms with Crippen LogP contribution in [-0.2, 0) is 0 Å². The normalized spacial score (nSPS) is 17.6. The molecule has 6 heteroatoms. The van der Waals surface area contributed by atoms with Crippen LogP contribution in [0, 0.1) is 5.41 Å². The quantitative estimate of drug-likeness (QED) is 0.894. The van der Waals surface area contributed by atoms with E-state index < -0.39 is 0 Å². The van der Waals surface area contributed by atoms with Crippen molar-refractivity contribution in [3.63, 3.8) is 0 Å². The molecule has 1 aliphatic rings. The number of amides is 2. The van der Waals surface area contributed by atoms with Gasteiger partial charge in [-0.25, -0.2) is 4.79 Å². The fraction of sp³-hybridized carbons (Fsp3) is 0.562. The molecule has 2 rings (SSSR count). The smallest absolute Gasteiger partial charge is 0.321 e. The van der Waals surface area contributed by atoms with Crippen molar-refractivity contribution < 1.29 is 9.90 Å². The highest BCUT2D eigenvalue weighted by atomic mass is 35.5. The minimum absolute atomic E-state index is 0.0967. The second kappa shape index (κ2) is 7.31. The van der Waals surface area contributed by atoms with Gasteiger partial charge in [-0.2, -0.15) is 0 Å². The molecule has 5 nitrogen and oxygen atoms in total. The average molecular weight is 326 g/mol. The highest BCUT2D eigenvalue weighted by Gasteiger charge is 2.35. The predicted octanol–water partition coefficient (Wildman–Crippen LogP) is 2.51. The number of nitrogens with one attached hydrogen (secondary N) is 1. The molecule has 22 heavy (non-hydrogen) atoms. The van der Waals surface area contributed by atoms with Crippen molar-refractivity contribution in [1.29, 1.82) is 0 Å². The van der Waals surface area contributed by atoms with Crippen LogP contribution in [0.1, 0.15) is 12.8 Å². The van der Waals surface area contributed by atoms with Crippen molar-refractivity contribution in [2.45, 2.75) is 12.8 Å². The Morgan fingerprint density at radius 3 is 2.41 bits per heavy atom. The highest BCUT2D eigenvalue weighted by molar-refractivity contribution is 6.30. The summed E-state index contributed by atoms with van der Waals surface area (Å²) in [6, 6.07) is 6.98. The molecule has 0 atom stereocenters. The summed E-state index contributed by atoms with van der Waals surface area (Å²) in [6.07, 6.45) is 1.63. The first kappa shape index (κ1) is 17.1. The number of carbonyl (C=O) groups is 1. The molecule has 122 valence electrons. The summed E-state index contributed by atoms with van der Waals surface area (Å²) in [5, 5.41) is 13.2. The van der Waals surface area contributed by atoms with E-state index in [1.807, 2.05) is 14.1 Å². The lowest BCUT2D eigenvalue weighted by atomic mass is 9.79. The minimum Gasteiger partial charge on any atom is -0.396 e. The molecule has 2 amide bonds. The molecule has 1 aromatic carbocycles. The van der Waals surface area contributed by atoms with Crippen LogP contribution >= 0.6 is 11.6 Å². The molecule has 0 aliphatic carbocycles. The van der Waals surface area contributed by atoms with Crippen molar-refractivity contribution in [3.05, 3.63) is 29.3 Å². The van der Waals surface area contributed by atoms with Crippen LogP contribution in [0.3, 0.4) is 0 Å². The first-order valence-electron chi connectivity index (χ1n) is 7.51. The summed E-state index contributed by atoms with van der Waals surface area (Å²) >= 11 is 5.83. The summed E-state index contributed by atoms with van der Waals surface area (Å²) in [5.74, 6) is 0. The van der Waals surface area contributed by atoms with E-state index in [9.17, 15) is 9.90 Å². The fourth-order valence-electron chi connectivity index (χ4n) is 2.96. The van der Waals surface area contributed by atoms with E-state index in [0.29, 0.717) is 18.1 Å². The Bertz CT molecular complexity index is 497. The van der Waals surface area contributed by atoms with Crippen molar-refractivity contribution in [2.75, 3.05) is 45.7 Å². The van der Waals surface area contributed by atoms with Gasteiger partial charge in [-0.1, -0.05) is 11.6 Å². The Labute approximate surface area is 136 Å². The standard InChI is InChI=1S/C16H24ClN3O2/c1-19(2)11-16(12-21)7-9-20(10-8-16)15(22)18-14-5-3-13(17)4-6-14/h3-6,21H,7-12H2,1-2H3,(H,18,22).